The number of carbonyl (C=O) groups excluding carboxylic acids is 1. The van der Waals surface area contributed by atoms with Gasteiger partial charge >= 0.3 is 0 Å². The van der Waals surface area contributed by atoms with Gasteiger partial charge in [0.2, 0.25) is 0 Å². The van der Waals surface area contributed by atoms with Gasteiger partial charge in [0.05, 0.1) is 0 Å². The van der Waals surface area contributed by atoms with Crippen molar-refractivity contribution in [3.05, 3.63) is 89.7 Å². The zero-order valence-electron chi connectivity index (χ0n) is 18.1. The van der Waals surface area contributed by atoms with Crippen LogP contribution in [0.25, 0.3) is 0 Å². The van der Waals surface area contributed by atoms with E-state index in [1.54, 1.807) is 12.1 Å². The molecule has 1 aromatic heterocycles. The lowest BCUT2D eigenvalue weighted by Gasteiger charge is -2.35. The minimum absolute atomic E-state index is 0.282. The summed E-state index contributed by atoms with van der Waals surface area (Å²) < 4.78 is 5.76. The molecule has 162 valence electrons. The minimum atomic E-state index is 0.282. The Morgan fingerprint density at radius 2 is 1.62 bits per heavy atom. The largest absolute Gasteiger partial charge is 0.487 e. The van der Waals surface area contributed by atoms with E-state index in [-0.39, 0.29) is 5.69 Å². The highest BCUT2D eigenvalue weighted by molar-refractivity contribution is 5.76. The number of benzene rings is 2. The summed E-state index contributed by atoms with van der Waals surface area (Å²) in [7, 11) is 0. The summed E-state index contributed by atoms with van der Waals surface area (Å²) in [5.74, 6) is 6.76. The van der Waals surface area contributed by atoms with E-state index in [4.69, 9.17) is 4.74 Å². The van der Waals surface area contributed by atoms with Gasteiger partial charge in [-0.15, -0.1) is 0 Å². The zero-order valence-corrected chi connectivity index (χ0v) is 18.1. The van der Waals surface area contributed by atoms with Crippen LogP contribution in [0.3, 0.4) is 0 Å². The molecule has 3 aromatic rings. The van der Waals surface area contributed by atoms with Gasteiger partial charge in [-0.25, -0.2) is 4.98 Å². The quantitative estimate of drug-likeness (QED) is 0.422. The molecular weight excluding hydrogens is 398 g/mol. The fourth-order valence-electron chi connectivity index (χ4n) is 3.71. The standard InChI is InChI=1S/C27H27N3O2/c31-21-26-27(32-22-23-9-3-1-4-10-23)15-14-24(28-26)11-7-8-16-29-17-19-30(20-18-29)25-12-5-2-6-13-25/h1-6,9-10,12-15,21H,8,16-20,22H2. The second kappa shape index (κ2) is 11.1. The van der Waals surface area contributed by atoms with Crippen molar-refractivity contribution in [2.24, 2.45) is 0 Å². The Bertz CT molecular complexity index is 1070. The molecule has 0 N–H and O–H groups in total. The number of aldehydes is 1. The number of hydrogen-bond donors (Lipinski definition) is 0. The number of nitrogens with zero attached hydrogens (tertiary/aromatic N) is 3. The average molecular weight is 426 g/mol. The maximum absolute atomic E-state index is 11.5. The summed E-state index contributed by atoms with van der Waals surface area (Å²) in [6.45, 7) is 5.48. The third-order valence-electron chi connectivity index (χ3n) is 5.50. The van der Waals surface area contributed by atoms with E-state index in [1.165, 1.54) is 5.69 Å². The summed E-state index contributed by atoms with van der Waals surface area (Å²) in [5.41, 5.74) is 3.20. The molecule has 0 unspecified atom stereocenters. The third kappa shape index (κ3) is 5.96. The van der Waals surface area contributed by atoms with Crippen molar-refractivity contribution in [2.45, 2.75) is 13.0 Å². The molecule has 4 rings (SSSR count). The molecule has 5 nitrogen and oxygen atoms in total. The second-order valence-electron chi connectivity index (χ2n) is 7.69. The van der Waals surface area contributed by atoms with Gasteiger partial charge in [-0.3, -0.25) is 9.69 Å². The van der Waals surface area contributed by atoms with Crippen molar-refractivity contribution < 1.29 is 9.53 Å². The number of piperazine rings is 1. The Balaban J connectivity index is 1.25. The first kappa shape index (κ1) is 21.6. The predicted octanol–water partition coefficient (Wildman–Crippen LogP) is 4.04. The highest BCUT2D eigenvalue weighted by Crippen LogP contribution is 2.17. The number of pyridine rings is 1. The van der Waals surface area contributed by atoms with E-state index in [1.807, 2.05) is 30.3 Å². The van der Waals surface area contributed by atoms with E-state index in [0.717, 1.165) is 51.0 Å². The molecule has 0 aliphatic carbocycles. The maximum atomic E-state index is 11.5. The molecule has 0 saturated carbocycles. The molecular formula is C27H27N3O2. The highest BCUT2D eigenvalue weighted by atomic mass is 16.5. The monoisotopic (exact) mass is 425 g/mol. The molecule has 0 amide bonds. The van der Waals surface area contributed by atoms with Crippen molar-refractivity contribution in [2.75, 3.05) is 37.6 Å². The normalized spacial score (nSPS) is 13.8. The predicted molar refractivity (Wildman–Crippen MR) is 127 cm³/mol. The lowest BCUT2D eigenvalue weighted by Crippen LogP contribution is -2.46. The number of aromatic nitrogens is 1. The molecule has 1 aliphatic heterocycles. The van der Waals surface area contributed by atoms with Crippen LogP contribution in [0.15, 0.2) is 72.8 Å². The Labute approximate surface area is 189 Å². The van der Waals surface area contributed by atoms with Crippen molar-refractivity contribution >= 4 is 12.0 Å². The molecule has 5 heteroatoms. The maximum Gasteiger partial charge on any atom is 0.172 e. The Kier molecular flexibility index (Phi) is 7.51. The van der Waals surface area contributed by atoms with Crippen LogP contribution in [0, 0.1) is 11.8 Å². The van der Waals surface area contributed by atoms with Gasteiger partial charge in [-0.05, 0) is 35.7 Å². The van der Waals surface area contributed by atoms with E-state index in [2.05, 4.69) is 57.0 Å². The van der Waals surface area contributed by atoms with Gasteiger partial charge in [-0.1, -0.05) is 54.5 Å². The number of carbonyl (C=O) groups is 1. The highest BCUT2D eigenvalue weighted by Gasteiger charge is 2.16. The van der Waals surface area contributed by atoms with Gasteiger partial charge in [0.15, 0.2) is 6.29 Å². The van der Waals surface area contributed by atoms with Crippen molar-refractivity contribution in [3.63, 3.8) is 0 Å². The molecule has 2 aromatic carbocycles. The molecule has 2 heterocycles. The minimum Gasteiger partial charge on any atom is -0.487 e. The molecule has 0 atom stereocenters. The van der Waals surface area contributed by atoms with Crippen LogP contribution in [0.5, 0.6) is 5.75 Å². The second-order valence-corrected chi connectivity index (χ2v) is 7.69. The fraction of sp³-hybridized carbons (Fsp3) is 0.259. The molecule has 0 radical (unpaired) electrons. The first-order chi connectivity index (χ1) is 15.8. The summed E-state index contributed by atoms with van der Waals surface area (Å²) >= 11 is 0. The molecule has 1 aliphatic rings. The molecule has 32 heavy (non-hydrogen) atoms. The van der Waals surface area contributed by atoms with Crippen molar-refractivity contribution in [1.82, 2.24) is 9.88 Å². The smallest absolute Gasteiger partial charge is 0.172 e. The van der Waals surface area contributed by atoms with Crippen molar-refractivity contribution in [1.29, 1.82) is 0 Å². The number of para-hydroxylation sites is 1. The van der Waals surface area contributed by atoms with Gasteiger partial charge in [-0.2, -0.15) is 0 Å². The SMILES string of the molecule is O=Cc1nc(C#CCCN2CCN(c3ccccc3)CC2)ccc1OCc1ccccc1. The topological polar surface area (TPSA) is 45.7 Å². The van der Waals surface area contributed by atoms with Gasteiger partial charge in [0.25, 0.3) is 0 Å². The van der Waals surface area contributed by atoms with Crippen LogP contribution in [0.1, 0.15) is 28.2 Å². The van der Waals surface area contributed by atoms with Gasteiger partial charge in [0.1, 0.15) is 23.7 Å². The van der Waals surface area contributed by atoms with Gasteiger partial charge in [0, 0.05) is 44.8 Å². The van der Waals surface area contributed by atoms with Crippen LogP contribution in [0.4, 0.5) is 5.69 Å². The summed E-state index contributed by atoms with van der Waals surface area (Å²) in [4.78, 5) is 20.7. The van der Waals surface area contributed by atoms with Crippen LogP contribution in [-0.4, -0.2) is 48.9 Å². The van der Waals surface area contributed by atoms with Crippen molar-refractivity contribution in [3.8, 4) is 17.6 Å². The van der Waals surface area contributed by atoms with Crippen LogP contribution < -0.4 is 9.64 Å². The van der Waals surface area contributed by atoms with Gasteiger partial charge < -0.3 is 9.64 Å². The van der Waals surface area contributed by atoms with Crippen LogP contribution >= 0.6 is 0 Å². The number of anilines is 1. The molecule has 0 bridgehead atoms. The summed E-state index contributed by atoms with van der Waals surface area (Å²) in [6.07, 6.45) is 1.49. The molecule has 1 saturated heterocycles. The van der Waals surface area contributed by atoms with Crippen LogP contribution in [-0.2, 0) is 6.61 Å². The Morgan fingerprint density at radius 3 is 2.34 bits per heavy atom. The van der Waals surface area contributed by atoms with Crippen LogP contribution in [0.2, 0.25) is 0 Å². The third-order valence-corrected chi connectivity index (χ3v) is 5.50. The molecule has 0 spiro atoms. The Morgan fingerprint density at radius 1 is 0.906 bits per heavy atom. The fourth-order valence-corrected chi connectivity index (χ4v) is 3.71. The van der Waals surface area contributed by atoms with E-state index in [9.17, 15) is 4.79 Å². The number of hydrogen-bond acceptors (Lipinski definition) is 5. The van der Waals surface area contributed by atoms with E-state index >= 15 is 0 Å². The first-order valence-electron chi connectivity index (χ1n) is 11.0. The number of ether oxygens (including phenoxy) is 1. The zero-order chi connectivity index (χ0) is 22.0. The summed E-state index contributed by atoms with van der Waals surface area (Å²) in [6, 6.07) is 24.0. The number of rotatable bonds is 7. The average Bonchev–Trinajstić information content (AvgIpc) is 2.87. The lowest BCUT2D eigenvalue weighted by molar-refractivity contribution is 0.111. The van der Waals surface area contributed by atoms with E-state index in [0.29, 0.717) is 18.1 Å². The molecule has 1 fully saturated rings. The first-order valence-corrected chi connectivity index (χ1v) is 11.0. The Hall–Kier alpha value is -3.62. The summed E-state index contributed by atoms with van der Waals surface area (Å²) in [5, 5.41) is 0. The lowest BCUT2D eigenvalue weighted by atomic mass is 10.2. The van der Waals surface area contributed by atoms with E-state index < -0.39 is 0 Å².